The van der Waals surface area contributed by atoms with Crippen LogP contribution in [0.4, 0.5) is 5.69 Å². The van der Waals surface area contributed by atoms with Gasteiger partial charge in [-0.2, -0.15) is 0 Å². The van der Waals surface area contributed by atoms with Gasteiger partial charge >= 0.3 is 0 Å². The van der Waals surface area contributed by atoms with Crippen molar-refractivity contribution in [1.82, 2.24) is 0 Å². The first-order chi connectivity index (χ1) is 15.4. The summed E-state index contributed by atoms with van der Waals surface area (Å²) in [5.74, 6) is 0.699. The van der Waals surface area contributed by atoms with E-state index in [9.17, 15) is 9.90 Å². The van der Waals surface area contributed by atoms with Gasteiger partial charge in [0.2, 0.25) is 0 Å². The number of methoxy groups -OCH3 is 1. The second-order valence-electron chi connectivity index (χ2n) is 8.77. The molecule has 4 aromatic carbocycles. The summed E-state index contributed by atoms with van der Waals surface area (Å²) in [5, 5.41) is 13.0. The van der Waals surface area contributed by atoms with Gasteiger partial charge in [0.05, 0.1) is 13.2 Å². The minimum absolute atomic E-state index is 0.126. The average molecular weight is 424 g/mol. The molecule has 1 atom stereocenters. The lowest BCUT2D eigenvalue weighted by atomic mass is 9.76. The van der Waals surface area contributed by atoms with E-state index in [-0.39, 0.29) is 17.7 Å². The average Bonchev–Trinajstić information content (AvgIpc) is 3.05. The molecule has 0 spiro atoms. The molecule has 0 saturated heterocycles. The summed E-state index contributed by atoms with van der Waals surface area (Å²) >= 11 is 0. The molecule has 1 N–H and O–H groups in total. The highest BCUT2D eigenvalue weighted by atomic mass is 16.5. The first-order valence-corrected chi connectivity index (χ1v) is 10.7. The van der Waals surface area contributed by atoms with Gasteiger partial charge in [-0.05, 0) is 46.7 Å². The van der Waals surface area contributed by atoms with Crippen LogP contribution in [0.5, 0.6) is 11.5 Å². The molecule has 4 heteroatoms. The van der Waals surface area contributed by atoms with E-state index in [1.54, 1.807) is 25.3 Å². The zero-order valence-corrected chi connectivity index (χ0v) is 18.4. The third-order valence-electron chi connectivity index (χ3n) is 6.56. The molecule has 160 valence electrons. The molecule has 0 fully saturated rings. The van der Waals surface area contributed by atoms with Crippen molar-refractivity contribution in [2.45, 2.75) is 25.3 Å². The van der Waals surface area contributed by atoms with Gasteiger partial charge in [-0.3, -0.25) is 9.69 Å². The van der Waals surface area contributed by atoms with Crippen LogP contribution in [0.3, 0.4) is 0 Å². The standard InChI is InChI=1S/C28H25NO3/c1-28(2)22-13-6-7-14-23(22)29(27(31)19-10-8-11-20(17-19)32-3)26(28)25-21-12-5-4-9-18(21)15-16-24(25)30/h4-17,26,30H,1-3H3. The van der Waals surface area contributed by atoms with Crippen LogP contribution in [-0.4, -0.2) is 18.1 Å². The van der Waals surface area contributed by atoms with Gasteiger partial charge in [-0.1, -0.05) is 68.4 Å². The maximum atomic E-state index is 14.0. The maximum absolute atomic E-state index is 14.0. The Bertz CT molecular complexity index is 1340. The predicted molar refractivity (Wildman–Crippen MR) is 128 cm³/mol. The molecule has 0 bridgehead atoms. The van der Waals surface area contributed by atoms with Crippen LogP contribution in [-0.2, 0) is 5.41 Å². The number of fused-ring (bicyclic) bond motifs is 2. The van der Waals surface area contributed by atoms with Crippen LogP contribution in [0, 0.1) is 0 Å². The van der Waals surface area contributed by atoms with Crippen LogP contribution < -0.4 is 9.64 Å². The molecule has 0 aromatic heterocycles. The number of phenols is 1. The van der Waals surface area contributed by atoms with Gasteiger partial charge in [-0.25, -0.2) is 0 Å². The minimum atomic E-state index is -0.424. The zero-order chi connectivity index (χ0) is 22.5. The van der Waals surface area contributed by atoms with Crippen LogP contribution >= 0.6 is 0 Å². The Balaban J connectivity index is 1.78. The van der Waals surface area contributed by atoms with E-state index < -0.39 is 5.41 Å². The molecule has 1 heterocycles. The van der Waals surface area contributed by atoms with Crippen molar-refractivity contribution >= 4 is 22.4 Å². The van der Waals surface area contributed by atoms with Gasteiger partial charge < -0.3 is 9.84 Å². The SMILES string of the molecule is COc1cccc(C(=O)N2c3ccccc3C(C)(C)C2c2c(O)ccc3ccccc23)c1. The highest BCUT2D eigenvalue weighted by molar-refractivity contribution is 6.09. The molecule has 0 radical (unpaired) electrons. The van der Waals surface area contributed by atoms with E-state index in [0.29, 0.717) is 11.3 Å². The normalized spacial score (nSPS) is 16.7. The number of anilines is 1. The number of nitrogens with zero attached hydrogens (tertiary/aromatic N) is 1. The lowest BCUT2D eigenvalue weighted by Gasteiger charge is -2.35. The van der Waals surface area contributed by atoms with Crippen LogP contribution in [0.15, 0.2) is 84.9 Å². The first-order valence-electron chi connectivity index (χ1n) is 10.7. The van der Waals surface area contributed by atoms with Gasteiger partial charge in [0.25, 0.3) is 5.91 Å². The van der Waals surface area contributed by atoms with Crippen molar-refractivity contribution in [1.29, 1.82) is 0 Å². The van der Waals surface area contributed by atoms with E-state index in [1.807, 2.05) is 65.6 Å². The summed E-state index contributed by atoms with van der Waals surface area (Å²) in [6.07, 6.45) is 0. The van der Waals surface area contributed by atoms with Crippen molar-refractivity contribution in [3.8, 4) is 11.5 Å². The fourth-order valence-electron chi connectivity index (χ4n) is 5.02. The smallest absolute Gasteiger partial charge is 0.259 e. The van der Waals surface area contributed by atoms with E-state index >= 15 is 0 Å². The number of benzene rings is 4. The predicted octanol–water partition coefficient (Wildman–Crippen LogP) is 6.23. The molecule has 1 amide bonds. The summed E-state index contributed by atoms with van der Waals surface area (Å²) in [6, 6.07) is 26.5. The summed E-state index contributed by atoms with van der Waals surface area (Å²) in [7, 11) is 1.59. The van der Waals surface area contributed by atoms with Crippen molar-refractivity contribution in [3.63, 3.8) is 0 Å². The second kappa shape index (κ2) is 7.41. The Labute approximate surface area is 187 Å². The Morgan fingerprint density at radius 1 is 0.938 bits per heavy atom. The van der Waals surface area contributed by atoms with Gasteiger partial charge in [-0.15, -0.1) is 0 Å². The van der Waals surface area contributed by atoms with Crippen molar-refractivity contribution in [3.05, 3.63) is 102 Å². The fourth-order valence-corrected chi connectivity index (χ4v) is 5.02. The van der Waals surface area contributed by atoms with Crippen LogP contribution in [0.1, 0.15) is 41.4 Å². The highest BCUT2D eigenvalue weighted by Crippen LogP contribution is 2.55. The molecule has 4 aromatic rings. The Kier molecular flexibility index (Phi) is 4.66. The van der Waals surface area contributed by atoms with E-state index in [4.69, 9.17) is 4.74 Å². The Morgan fingerprint density at radius 3 is 2.50 bits per heavy atom. The van der Waals surface area contributed by atoms with E-state index in [1.165, 1.54) is 0 Å². The molecule has 1 unspecified atom stereocenters. The highest BCUT2D eigenvalue weighted by Gasteiger charge is 2.49. The van der Waals surface area contributed by atoms with Crippen LogP contribution in [0.2, 0.25) is 0 Å². The number of carbonyl (C=O) groups excluding carboxylic acids is 1. The van der Waals surface area contributed by atoms with Gasteiger partial charge in [0.15, 0.2) is 0 Å². The lowest BCUT2D eigenvalue weighted by molar-refractivity contribution is 0.0971. The summed E-state index contributed by atoms with van der Waals surface area (Å²) in [5.41, 5.74) is 2.82. The lowest BCUT2D eigenvalue weighted by Crippen LogP contribution is -2.38. The molecule has 0 aliphatic carbocycles. The molecule has 0 saturated carbocycles. The first kappa shape index (κ1) is 20.1. The number of hydrogen-bond donors (Lipinski definition) is 1. The molecular formula is C28H25NO3. The number of hydrogen-bond acceptors (Lipinski definition) is 3. The maximum Gasteiger partial charge on any atom is 0.259 e. The second-order valence-corrected chi connectivity index (χ2v) is 8.77. The number of ether oxygens (including phenoxy) is 1. The van der Waals surface area contributed by atoms with Crippen molar-refractivity contribution < 1.29 is 14.6 Å². The summed E-state index contributed by atoms with van der Waals surface area (Å²) in [6.45, 7) is 4.27. The quantitative estimate of drug-likeness (QED) is 0.425. The van der Waals surface area contributed by atoms with E-state index in [0.717, 1.165) is 27.6 Å². The molecule has 5 rings (SSSR count). The molecule has 1 aliphatic rings. The number of phenolic OH excluding ortho intramolecular Hbond substituents is 1. The number of aromatic hydroxyl groups is 1. The number of para-hydroxylation sites is 1. The summed E-state index contributed by atoms with van der Waals surface area (Å²) < 4.78 is 5.36. The van der Waals surface area contributed by atoms with Gasteiger partial charge in [0.1, 0.15) is 11.5 Å². The largest absolute Gasteiger partial charge is 0.508 e. The number of amides is 1. The van der Waals surface area contributed by atoms with E-state index in [2.05, 4.69) is 19.9 Å². The Hall–Kier alpha value is -3.79. The van der Waals surface area contributed by atoms with Crippen LogP contribution in [0.25, 0.3) is 10.8 Å². The van der Waals surface area contributed by atoms with Crippen molar-refractivity contribution in [2.75, 3.05) is 12.0 Å². The number of carbonyl (C=O) groups is 1. The number of rotatable bonds is 3. The minimum Gasteiger partial charge on any atom is -0.508 e. The van der Waals surface area contributed by atoms with Crippen molar-refractivity contribution in [2.24, 2.45) is 0 Å². The van der Waals surface area contributed by atoms with Gasteiger partial charge in [0, 0.05) is 22.2 Å². The third-order valence-corrected chi connectivity index (χ3v) is 6.56. The molecule has 32 heavy (non-hydrogen) atoms. The molecule has 4 nitrogen and oxygen atoms in total. The molecule has 1 aliphatic heterocycles. The molecular weight excluding hydrogens is 398 g/mol. The third kappa shape index (κ3) is 2.94. The summed E-state index contributed by atoms with van der Waals surface area (Å²) in [4.78, 5) is 15.8. The fraction of sp³-hybridized carbons (Fsp3) is 0.179. The zero-order valence-electron chi connectivity index (χ0n) is 18.4. The monoisotopic (exact) mass is 423 g/mol. The Morgan fingerprint density at radius 2 is 1.69 bits per heavy atom. The topological polar surface area (TPSA) is 49.8 Å².